The van der Waals surface area contributed by atoms with Crippen molar-refractivity contribution in [3.05, 3.63) is 58.7 Å². The number of benzene rings is 2. The van der Waals surface area contributed by atoms with E-state index in [1.165, 1.54) is 12.1 Å². The van der Waals surface area contributed by atoms with Crippen LogP contribution in [0.1, 0.15) is 47.3 Å². The van der Waals surface area contributed by atoms with E-state index in [2.05, 4.69) is 4.99 Å². The maximum atomic E-state index is 12.9. The number of nitrogens with zero attached hydrogens (tertiary/aromatic N) is 2. The molecule has 0 aromatic heterocycles. The van der Waals surface area contributed by atoms with Gasteiger partial charge in [-0.3, -0.25) is 0 Å². The summed E-state index contributed by atoms with van der Waals surface area (Å²) in [5, 5.41) is 0. The van der Waals surface area contributed by atoms with Crippen LogP contribution in [-0.4, -0.2) is 37.4 Å². The number of ether oxygens (including phenoxy) is 2. The number of esters is 1. The Hall–Kier alpha value is -3.03. The van der Waals surface area contributed by atoms with Crippen LogP contribution in [0.25, 0.3) is 0 Å². The number of alkyl halides is 3. The van der Waals surface area contributed by atoms with E-state index < -0.39 is 17.7 Å². The Bertz CT molecular complexity index is 927. The van der Waals surface area contributed by atoms with Gasteiger partial charge < -0.3 is 14.4 Å². The van der Waals surface area contributed by atoms with Gasteiger partial charge in [0.1, 0.15) is 18.0 Å². The largest absolute Gasteiger partial charge is 0.491 e. The molecule has 0 heterocycles. The topological polar surface area (TPSA) is 51.1 Å². The fourth-order valence-electron chi connectivity index (χ4n) is 2.63. The van der Waals surface area contributed by atoms with Crippen molar-refractivity contribution in [1.82, 2.24) is 4.90 Å². The average Bonchev–Trinajstić information content (AvgIpc) is 2.74. The van der Waals surface area contributed by atoms with E-state index in [1.807, 2.05) is 25.8 Å². The third-order valence-electron chi connectivity index (χ3n) is 4.50. The molecule has 168 valence electrons. The summed E-state index contributed by atoms with van der Waals surface area (Å²) in [7, 11) is 1.89. The van der Waals surface area contributed by atoms with Crippen molar-refractivity contribution in [1.29, 1.82) is 0 Å². The lowest BCUT2D eigenvalue weighted by atomic mass is 10.1. The van der Waals surface area contributed by atoms with Crippen molar-refractivity contribution in [3.63, 3.8) is 0 Å². The quantitative estimate of drug-likeness (QED) is 0.284. The molecule has 5 nitrogen and oxygen atoms in total. The third-order valence-corrected chi connectivity index (χ3v) is 4.50. The molecule has 8 heteroatoms. The van der Waals surface area contributed by atoms with E-state index in [0.717, 1.165) is 25.1 Å². The molecule has 0 amide bonds. The first-order valence-corrected chi connectivity index (χ1v) is 10.0. The molecule has 31 heavy (non-hydrogen) atoms. The van der Waals surface area contributed by atoms with Crippen LogP contribution >= 0.6 is 0 Å². The number of aryl methyl sites for hydroxylation is 1. The monoisotopic (exact) mass is 436 g/mol. The summed E-state index contributed by atoms with van der Waals surface area (Å²) in [4.78, 5) is 19.0. The van der Waals surface area contributed by atoms with Gasteiger partial charge in [-0.1, -0.05) is 19.1 Å². The van der Waals surface area contributed by atoms with Gasteiger partial charge in [0.15, 0.2) is 0 Å². The summed E-state index contributed by atoms with van der Waals surface area (Å²) in [6, 6.07) is 8.01. The molecule has 0 spiro atoms. The normalized spacial score (nSPS) is 11.6. The standard InChI is InChI=1S/C23H27F3N2O3/c1-5-10-30-21-13-19(16(3)11-20(21)27-15-28(4)6-2)22(29)31-14-17-8-7-9-18(12-17)23(24,25)26/h7-9,11-13,15H,5-6,10,14H2,1-4H3/b27-15+. The van der Waals surface area contributed by atoms with Gasteiger partial charge in [0, 0.05) is 13.6 Å². The van der Waals surface area contributed by atoms with E-state index in [1.54, 1.807) is 25.4 Å². The Kier molecular flexibility index (Phi) is 8.47. The highest BCUT2D eigenvalue weighted by molar-refractivity contribution is 5.92. The molecule has 0 saturated heterocycles. The molecule has 0 unspecified atom stereocenters. The van der Waals surface area contributed by atoms with Crippen molar-refractivity contribution in [2.45, 2.75) is 40.0 Å². The van der Waals surface area contributed by atoms with Gasteiger partial charge in [-0.05, 0) is 55.7 Å². The van der Waals surface area contributed by atoms with Crippen molar-refractivity contribution >= 4 is 18.0 Å². The molecule has 2 rings (SSSR count). The van der Waals surface area contributed by atoms with Crippen LogP contribution in [0.4, 0.5) is 18.9 Å². The lowest BCUT2D eigenvalue weighted by Gasteiger charge is -2.14. The maximum Gasteiger partial charge on any atom is 0.416 e. The molecule has 0 aliphatic heterocycles. The Morgan fingerprint density at radius 3 is 2.58 bits per heavy atom. The van der Waals surface area contributed by atoms with Crippen LogP contribution in [0.15, 0.2) is 41.4 Å². The predicted octanol–water partition coefficient (Wildman–Crippen LogP) is 5.77. The van der Waals surface area contributed by atoms with Gasteiger partial charge in [-0.2, -0.15) is 13.2 Å². The first-order chi connectivity index (χ1) is 14.7. The molecule has 0 radical (unpaired) electrons. The molecule has 0 aliphatic carbocycles. The number of halogens is 3. The highest BCUT2D eigenvalue weighted by Gasteiger charge is 2.30. The minimum absolute atomic E-state index is 0.257. The van der Waals surface area contributed by atoms with E-state index >= 15 is 0 Å². The molecule has 2 aromatic rings. The highest BCUT2D eigenvalue weighted by atomic mass is 19.4. The number of hydrogen-bond donors (Lipinski definition) is 0. The zero-order chi connectivity index (χ0) is 23.0. The molecule has 0 N–H and O–H groups in total. The number of aliphatic imine (C=N–C) groups is 1. The van der Waals surface area contributed by atoms with Crippen molar-refractivity contribution in [2.75, 3.05) is 20.2 Å². The molecule has 0 saturated carbocycles. The summed E-state index contributed by atoms with van der Waals surface area (Å²) < 4.78 is 49.6. The lowest BCUT2D eigenvalue weighted by molar-refractivity contribution is -0.137. The lowest BCUT2D eigenvalue weighted by Crippen LogP contribution is -2.14. The van der Waals surface area contributed by atoms with E-state index in [4.69, 9.17) is 9.47 Å². The highest BCUT2D eigenvalue weighted by Crippen LogP contribution is 2.32. The van der Waals surface area contributed by atoms with Crippen molar-refractivity contribution in [2.24, 2.45) is 4.99 Å². The summed E-state index contributed by atoms with van der Waals surface area (Å²) in [6.45, 7) is 6.67. The van der Waals surface area contributed by atoms with Crippen LogP contribution in [0.2, 0.25) is 0 Å². The second-order valence-corrected chi connectivity index (χ2v) is 7.08. The van der Waals surface area contributed by atoms with Crippen LogP contribution in [-0.2, 0) is 17.5 Å². The van der Waals surface area contributed by atoms with Crippen LogP contribution < -0.4 is 4.74 Å². The molecule has 0 atom stereocenters. The Balaban J connectivity index is 2.22. The number of rotatable bonds is 9. The van der Waals surface area contributed by atoms with Gasteiger partial charge in [-0.15, -0.1) is 0 Å². The zero-order valence-electron chi connectivity index (χ0n) is 18.1. The van der Waals surface area contributed by atoms with E-state index in [9.17, 15) is 18.0 Å². The summed E-state index contributed by atoms with van der Waals surface area (Å²) in [5.74, 6) is -0.198. The molecule has 0 aliphatic rings. The van der Waals surface area contributed by atoms with Gasteiger partial charge in [0.2, 0.25) is 0 Å². The Labute approximate surface area is 180 Å². The smallest absolute Gasteiger partial charge is 0.416 e. The molecule has 0 fully saturated rings. The van der Waals surface area contributed by atoms with Gasteiger partial charge in [0.05, 0.1) is 24.1 Å². The van der Waals surface area contributed by atoms with E-state index in [0.29, 0.717) is 23.6 Å². The summed E-state index contributed by atoms with van der Waals surface area (Å²) in [5.41, 5.74) is 0.963. The maximum absolute atomic E-state index is 12.9. The van der Waals surface area contributed by atoms with Gasteiger partial charge in [-0.25, -0.2) is 9.79 Å². The second-order valence-electron chi connectivity index (χ2n) is 7.08. The molecule has 2 aromatic carbocycles. The Morgan fingerprint density at radius 1 is 1.19 bits per heavy atom. The van der Waals surface area contributed by atoms with Crippen molar-refractivity contribution in [3.8, 4) is 5.75 Å². The van der Waals surface area contributed by atoms with E-state index in [-0.39, 0.29) is 17.7 Å². The fraction of sp³-hybridized carbons (Fsp3) is 0.391. The van der Waals surface area contributed by atoms with Crippen LogP contribution in [0, 0.1) is 6.92 Å². The van der Waals surface area contributed by atoms with Crippen LogP contribution in [0.3, 0.4) is 0 Å². The minimum atomic E-state index is -4.45. The van der Waals surface area contributed by atoms with Gasteiger partial charge >= 0.3 is 12.1 Å². The second kappa shape index (κ2) is 10.8. The van der Waals surface area contributed by atoms with Gasteiger partial charge in [0.25, 0.3) is 0 Å². The summed E-state index contributed by atoms with van der Waals surface area (Å²) in [6.07, 6.45) is -2.00. The van der Waals surface area contributed by atoms with Crippen molar-refractivity contribution < 1.29 is 27.4 Å². The molecular formula is C23H27F3N2O3. The predicted molar refractivity (Wildman–Crippen MR) is 114 cm³/mol. The first kappa shape index (κ1) is 24.2. The molecular weight excluding hydrogens is 409 g/mol. The number of carbonyl (C=O) groups is 1. The third kappa shape index (κ3) is 7.01. The Morgan fingerprint density at radius 2 is 1.94 bits per heavy atom. The average molecular weight is 436 g/mol. The number of hydrogen-bond acceptors (Lipinski definition) is 4. The first-order valence-electron chi connectivity index (χ1n) is 10.0. The SMILES string of the molecule is CCCOc1cc(C(=O)OCc2cccc(C(F)(F)F)c2)c(C)cc1/N=C/N(C)CC. The zero-order valence-corrected chi connectivity index (χ0v) is 18.1. The fourth-order valence-corrected chi connectivity index (χ4v) is 2.63. The summed E-state index contributed by atoms with van der Waals surface area (Å²) >= 11 is 0. The minimum Gasteiger partial charge on any atom is -0.491 e. The molecule has 0 bridgehead atoms. The number of carbonyl (C=O) groups excluding carboxylic acids is 1. The van der Waals surface area contributed by atoms with Crippen LogP contribution in [0.5, 0.6) is 5.75 Å².